The van der Waals surface area contributed by atoms with E-state index in [-0.39, 0.29) is 0 Å². The molecular formula is C72H143NO5. The highest BCUT2D eigenvalue weighted by atomic mass is 16.3. The Labute approximate surface area is 489 Å². The van der Waals surface area contributed by atoms with Gasteiger partial charge in [0.1, 0.15) is 12.2 Å². The first kappa shape index (κ1) is 77.0. The van der Waals surface area contributed by atoms with Gasteiger partial charge in [-0.1, -0.05) is 386 Å². The molecule has 0 saturated carbocycles. The summed E-state index contributed by atoms with van der Waals surface area (Å²) >= 11 is 0. The number of rotatable bonds is 68. The average molecular weight is 1100 g/mol. The van der Waals surface area contributed by atoms with Crippen LogP contribution in [0.15, 0.2) is 12.2 Å². The number of unbranched alkanes of at least 4 members (excludes halogenated alkanes) is 57. The third-order valence-corrected chi connectivity index (χ3v) is 17.5. The van der Waals surface area contributed by atoms with Gasteiger partial charge in [0.25, 0.3) is 0 Å². The van der Waals surface area contributed by atoms with Crippen molar-refractivity contribution in [3.8, 4) is 0 Å². The van der Waals surface area contributed by atoms with Gasteiger partial charge in [-0.25, -0.2) is 0 Å². The summed E-state index contributed by atoms with van der Waals surface area (Å²) in [4.78, 5) is 12.7. The van der Waals surface area contributed by atoms with Gasteiger partial charge < -0.3 is 25.7 Å². The normalized spacial score (nSPS) is 13.5. The molecule has 6 nitrogen and oxygen atoms in total. The van der Waals surface area contributed by atoms with Crippen LogP contribution in [0.4, 0.5) is 0 Å². The number of allylic oxidation sites excluding steroid dienone is 2. The van der Waals surface area contributed by atoms with E-state index >= 15 is 0 Å². The monoisotopic (exact) mass is 1100 g/mol. The summed E-state index contributed by atoms with van der Waals surface area (Å²) in [6, 6.07) is -0.984. The quantitative estimate of drug-likeness (QED) is 0.0308. The van der Waals surface area contributed by atoms with Gasteiger partial charge in [0, 0.05) is 0 Å². The number of aliphatic hydroxyl groups is 4. The number of hydrogen-bond acceptors (Lipinski definition) is 5. The van der Waals surface area contributed by atoms with Gasteiger partial charge >= 0.3 is 0 Å². The van der Waals surface area contributed by atoms with Gasteiger partial charge in [-0.15, -0.1) is 0 Å². The van der Waals surface area contributed by atoms with Crippen molar-refractivity contribution in [3.63, 3.8) is 0 Å². The maximum absolute atomic E-state index is 12.7. The third-order valence-electron chi connectivity index (χ3n) is 17.5. The number of hydrogen-bond donors (Lipinski definition) is 5. The fourth-order valence-electron chi connectivity index (χ4n) is 11.9. The predicted molar refractivity (Wildman–Crippen MR) is 344 cm³/mol. The lowest BCUT2D eigenvalue weighted by molar-refractivity contribution is -0.132. The second-order valence-corrected chi connectivity index (χ2v) is 25.3. The summed E-state index contributed by atoms with van der Waals surface area (Å²) in [6.07, 6.45) is 83.5. The van der Waals surface area contributed by atoms with Crippen molar-refractivity contribution in [1.82, 2.24) is 5.32 Å². The predicted octanol–water partition coefficient (Wildman–Crippen LogP) is 22.3. The lowest BCUT2D eigenvalue weighted by Crippen LogP contribution is -2.53. The first-order valence-electron chi connectivity index (χ1n) is 36.1. The number of amides is 1. The SMILES string of the molecule is CCCCCCCCCCCCCC/C=C\CCCCCCCCCCCCCCCCCCC(O)C(=O)NC(CO)C(O)C(O)CCCCCCCCCCCCCCCCCCCCCCCCCCCCCCCC. The molecule has 0 bridgehead atoms. The molecule has 0 rings (SSSR count). The molecule has 0 radical (unpaired) electrons. The van der Waals surface area contributed by atoms with Gasteiger partial charge in [-0.3, -0.25) is 4.79 Å². The van der Waals surface area contributed by atoms with Crippen LogP contribution in [0.3, 0.4) is 0 Å². The smallest absolute Gasteiger partial charge is 0.249 e. The van der Waals surface area contributed by atoms with Crippen molar-refractivity contribution in [2.24, 2.45) is 0 Å². The van der Waals surface area contributed by atoms with Crippen LogP contribution in [-0.2, 0) is 4.79 Å². The number of carbonyl (C=O) groups excluding carboxylic acids is 1. The molecule has 0 aliphatic heterocycles. The molecule has 5 N–H and O–H groups in total. The molecule has 4 atom stereocenters. The van der Waals surface area contributed by atoms with E-state index < -0.39 is 36.9 Å². The van der Waals surface area contributed by atoms with Crippen LogP contribution in [-0.4, -0.2) is 57.3 Å². The Morgan fingerprint density at radius 1 is 0.308 bits per heavy atom. The largest absolute Gasteiger partial charge is 0.394 e. The average Bonchev–Trinajstić information content (AvgIpc) is 3.45. The van der Waals surface area contributed by atoms with E-state index in [9.17, 15) is 25.2 Å². The van der Waals surface area contributed by atoms with E-state index in [0.29, 0.717) is 12.8 Å². The Balaban J connectivity index is 3.51. The molecule has 466 valence electrons. The number of carbonyl (C=O) groups is 1. The van der Waals surface area contributed by atoms with Crippen LogP contribution < -0.4 is 5.32 Å². The van der Waals surface area contributed by atoms with Crippen molar-refractivity contribution < 1.29 is 25.2 Å². The van der Waals surface area contributed by atoms with Gasteiger partial charge in [-0.05, 0) is 38.5 Å². The minimum Gasteiger partial charge on any atom is -0.394 e. The van der Waals surface area contributed by atoms with Crippen molar-refractivity contribution in [2.45, 2.75) is 436 Å². The first-order valence-corrected chi connectivity index (χ1v) is 36.1. The van der Waals surface area contributed by atoms with Gasteiger partial charge in [0.05, 0.1) is 18.8 Å². The summed E-state index contributed by atoms with van der Waals surface area (Å²) in [6.45, 7) is 4.12. The standard InChI is InChI=1S/C72H143NO5/c1-3-5-7-9-11-13-15-17-19-21-23-25-27-29-31-33-35-36-38-40-42-44-46-48-50-52-54-56-58-60-62-64-66-70(76)72(78)73-68(67-74)71(77)69(75)65-63-61-59-57-55-53-51-49-47-45-43-41-39-37-34-32-30-28-26-24-22-20-18-16-14-12-10-8-6-4-2/h29,31,68-71,74-77H,3-28,30,32-67H2,1-2H3,(H,73,78)/b31-29-. The van der Waals surface area contributed by atoms with E-state index in [2.05, 4.69) is 31.3 Å². The Hall–Kier alpha value is -0.950. The van der Waals surface area contributed by atoms with Gasteiger partial charge in [0.15, 0.2) is 0 Å². The highest BCUT2D eigenvalue weighted by Gasteiger charge is 2.28. The van der Waals surface area contributed by atoms with Crippen LogP contribution in [0.5, 0.6) is 0 Å². The zero-order valence-corrected chi connectivity index (χ0v) is 53.2. The van der Waals surface area contributed by atoms with E-state index in [4.69, 9.17) is 0 Å². The molecule has 0 heterocycles. The Morgan fingerprint density at radius 2 is 0.513 bits per heavy atom. The summed E-state index contributed by atoms with van der Waals surface area (Å²) in [5, 5.41) is 44.3. The molecule has 0 aromatic carbocycles. The first-order chi connectivity index (χ1) is 38.5. The molecule has 0 aliphatic rings. The van der Waals surface area contributed by atoms with Crippen LogP contribution in [0.2, 0.25) is 0 Å². The summed E-state index contributed by atoms with van der Waals surface area (Å²) in [7, 11) is 0. The van der Waals surface area contributed by atoms with E-state index in [1.54, 1.807) is 0 Å². The van der Waals surface area contributed by atoms with E-state index in [1.165, 1.54) is 347 Å². The van der Waals surface area contributed by atoms with E-state index in [0.717, 1.165) is 38.5 Å². The Bertz CT molecular complexity index is 1150. The topological polar surface area (TPSA) is 110 Å². The lowest BCUT2D eigenvalue weighted by Gasteiger charge is -2.27. The molecule has 0 aromatic heterocycles. The maximum Gasteiger partial charge on any atom is 0.249 e. The molecule has 0 spiro atoms. The van der Waals surface area contributed by atoms with Crippen LogP contribution in [0, 0.1) is 0 Å². The van der Waals surface area contributed by atoms with Crippen LogP contribution >= 0.6 is 0 Å². The van der Waals surface area contributed by atoms with Crippen molar-refractivity contribution in [1.29, 1.82) is 0 Å². The van der Waals surface area contributed by atoms with Gasteiger partial charge in [-0.2, -0.15) is 0 Å². The molecule has 0 aromatic rings. The highest BCUT2D eigenvalue weighted by Crippen LogP contribution is 2.20. The molecule has 78 heavy (non-hydrogen) atoms. The van der Waals surface area contributed by atoms with E-state index in [1.807, 2.05) is 0 Å². The summed E-state index contributed by atoms with van der Waals surface area (Å²) in [5.74, 6) is -0.574. The zero-order chi connectivity index (χ0) is 56.6. The zero-order valence-electron chi connectivity index (χ0n) is 53.2. The molecule has 4 unspecified atom stereocenters. The van der Waals surface area contributed by atoms with Crippen molar-refractivity contribution in [3.05, 3.63) is 12.2 Å². The van der Waals surface area contributed by atoms with Crippen molar-refractivity contribution >= 4 is 5.91 Å². The molecule has 0 fully saturated rings. The number of aliphatic hydroxyl groups excluding tert-OH is 4. The molecule has 0 aliphatic carbocycles. The minimum atomic E-state index is -1.26. The van der Waals surface area contributed by atoms with Crippen LogP contribution in [0.1, 0.15) is 412 Å². The molecule has 1 amide bonds. The lowest BCUT2D eigenvalue weighted by atomic mass is 9.99. The maximum atomic E-state index is 12.7. The Morgan fingerprint density at radius 3 is 0.744 bits per heavy atom. The highest BCUT2D eigenvalue weighted by molar-refractivity contribution is 5.80. The third kappa shape index (κ3) is 59.7. The second kappa shape index (κ2) is 66.8. The molecular weight excluding hydrogens is 959 g/mol. The van der Waals surface area contributed by atoms with Crippen molar-refractivity contribution in [2.75, 3.05) is 6.61 Å². The summed E-state index contributed by atoms with van der Waals surface area (Å²) < 4.78 is 0. The Kier molecular flexibility index (Phi) is 66.0. The fourth-order valence-corrected chi connectivity index (χ4v) is 11.9. The minimum absolute atomic E-state index is 0.374. The van der Waals surface area contributed by atoms with Gasteiger partial charge in [0.2, 0.25) is 5.91 Å². The fraction of sp³-hybridized carbons (Fsp3) is 0.958. The number of nitrogens with one attached hydrogen (secondary N) is 1. The molecule has 6 heteroatoms. The van der Waals surface area contributed by atoms with Crippen LogP contribution in [0.25, 0.3) is 0 Å². The molecule has 0 saturated heterocycles. The second-order valence-electron chi connectivity index (χ2n) is 25.3. The summed E-state index contributed by atoms with van der Waals surface area (Å²) in [5.41, 5.74) is 0.